The summed E-state index contributed by atoms with van der Waals surface area (Å²) in [4.78, 5) is 0. The van der Waals surface area contributed by atoms with Crippen LogP contribution in [0.1, 0.15) is 35.3 Å². The van der Waals surface area contributed by atoms with Gasteiger partial charge in [-0.25, -0.2) is 0 Å². The van der Waals surface area contributed by atoms with E-state index in [9.17, 15) is 5.11 Å². The second kappa shape index (κ2) is 9.36. The SMILES string of the molecule is Cc1ccc(COc2ccc(CNC(C)C(O)c3ccccc3)cc2)cc1. The van der Waals surface area contributed by atoms with Gasteiger partial charge in [-0.2, -0.15) is 0 Å². The van der Waals surface area contributed by atoms with Crippen molar-refractivity contribution in [1.82, 2.24) is 5.32 Å². The van der Waals surface area contributed by atoms with Crippen molar-refractivity contribution in [2.24, 2.45) is 0 Å². The molecule has 0 bridgehead atoms. The lowest BCUT2D eigenvalue weighted by molar-refractivity contribution is 0.135. The summed E-state index contributed by atoms with van der Waals surface area (Å²) in [5.41, 5.74) is 4.50. The standard InChI is InChI=1S/C24H27NO2/c1-18-8-10-21(11-9-18)17-27-23-14-12-20(13-15-23)16-25-19(2)24(26)22-6-4-3-5-7-22/h3-15,19,24-26H,16-17H2,1-2H3. The van der Waals surface area contributed by atoms with Gasteiger partial charge >= 0.3 is 0 Å². The Morgan fingerprint density at radius 1 is 0.852 bits per heavy atom. The number of aliphatic hydroxyl groups excluding tert-OH is 1. The van der Waals surface area contributed by atoms with Gasteiger partial charge in [0.15, 0.2) is 0 Å². The third-order valence-electron chi connectivity index (χ3n) is 4.69. The molecule has 3 rings (SSSR count). The van der Waals surface area contributed by atoms with Crippen LogP contribution in [0.4, 0.5) is 0 Å². The predicted octanol–water partition coefficient (Wildman–Crippen LogP) is 4.79. The van der Waals surface area contributed by atoms with Gasteiger partial charge in [0, 0.05) is 12.6 Å². The van der Waals surface area contributed by atoms with E-state index in [1.54, 1.807) is 0 Å². The molecule has 0 amide bonds. The maximum Gasteiger partial charge on any atom is 0.119 e. The highest BCUT2D eigenvalue weighted by Gasteiger charge is 2.15. The van der Waals surface area contributed by atoms with Crippen LogP contribution in [0.2, 0.25) is 0 Å². The quantitative estimate of drug-likeness (QED) is 0.606. The fraction of sp³-hybridized carbons (Fsp3) is 0.250. The van der Waals surface area contributed by atoms with E-state index < -0.39 is 6.10 Å². The first kappa shape index (κ1) is 19.2. The summed E-state index contributed by atoms with van der Waals surface area (Å²) in [6, 6.07) is 26.2. The van der Waals surface area contributed by atoms with E-state index in [0.717, 1.165) is 22.4 Å². The molecule has 2 N–H and O–H groups in total. The normalized spacial score (nSPS) is 13.1. The number of benzene rings is 3. The first-order valence-corrected chi connectivity index (χ1v) is 9.35. The molecule has 0 heterocycles. The van der Waals surface area contributed by atoms with Crippen LogP contribution in [0.25, 0.3) is 0 Å². The second-order valence-electron chi connectivity index (χ2n) is 6.94. The van der Waals surface area contributed by atoms with Crippen LogP contribution in [-0.4, -0.2) is 11.1 Å². The summed E-state index contributed by atoms with van der Waals surface area (Å²) in [5, 5.41) is 13.8. The predicted molar refractivity (Wildman–Crippen MR) is 110 cm³/mol. The van der Waals surface area contributed by atoms with Crippen molar-refractivity contribution in [3.05, 3.63) is 101 Å². The summed E-state index contributed by atoms with van der Waals surface area (Å²) >= 11 is 0. The number of rotatable bonds is 8. The molecule has 2 unspecified atom stereocenters. The number of hydrogen-bond acceptors (Lipinski definition) is 3. The fourth-order valence-corrected chi connectivity index (χ4v) is 2.88. The zero-order valence-electron chi connectivity index (χ0n) is 15.9. The highest BCUT2D eigenvalue weighted by molar-refractivity contribution is 5.28. The van der Waals surface area contributed by atoms with E-state index in [4.69, 9.17) is 4.74 Å². The van der Waals surface area contributed by atoms with E-state index in [2.05, 4.69) is 48.6 Å². The molecule has 3 aromatic carbocycles. The Hall–Kier alpha value is -2.62. The van der Waals surface area contributed by atoms with E-state index in [0.29, 0.717) is 13.2 Å². The number of ether oxygens (including phenoxy) is 1. The molecule has 0 aliphatic carbocycles. The summed E-state index contributed by atoms with van der Waals surface area (Å²) in [5.74, 6) is 0.858. The summed E-state index contributed by atoms with van der Waals surface area (Å²) in [7, 11) is 0. The lowest BCUT2D eigenvalue weighted by Crippen LogP contribution is -2.31. The highest BCUT2D eigenvalue weighted by atomic mass is 16.5. The van der Waals surface area contributed by atoms with Crippen LogP contribution < -0.4 is 10.1 Å². The van der Waals surface area contributed by atoms with Gasteiger partial charge in [0.2, 0.25) is 0 Å². The number of hydrogen-bond donors (Lipinski definition) is 2. The zero-order chi connectivity index (χ0) is 19.1. The van der Waals surface area contributed by atoms with Crippen molar-refractivity contribution >= 4 is 0 Å². The molecule has 0 saturated heterocycles. The molecule has 3 aromatic rings. The van der Waals surface area contributed by atoms with Gasteiger partial charge in [-0.05, 0) is 42.7 Å². The van der Waals surface area contributed by atoms with Crippen molar-refractivity contribution in [3.63, 3.8) is 0 Å². The summed E-state index contributed by atoms with van der Waals surface area (Å²) in [6.45, 7) is 5.34. The van der Waals surface area contributed by atoms with Crippen molar-refractivity contribution < 1.29 is 9.84 Å². The number of aryl methyl sites for hydroxylation is 1. The Kier molecular flexibility index (Phi) is 6.64. The Morgan fingerprint density at radius 2 is 1.48 bits per heavy atom. The van der Waals surface area contributed by atoms with Crippen LogP contribution >= 0.6 is 0 Å². The molecule has 2 atom stereocenters. The molecule has 27 heavy (non-hydrogen) atoms. The maximum atomic E-state index is 10.4. The van der Waals surface area contributed by atoms with Crippen LogP contribution in [0, 0.1) is 6.92 Å². The van der Waals surface area contributed by atoms with Gasteiger partial charge in [0.1, 0.15) is 12.4 Å². The molecular weight excluding hydrogens is 334 g/mol. The molecule has 3 heteroatoms. The maximum absolute atomic E-state index is 10.4. The smallest absolute Gasteiger partial charge is 0.119 e. The Bertz CT molecular complexity index is 813. The van der Waals surface area contributed by atoms with E-state index in [1.807, 2.05) is 49.4 Å². The first-order valence-electron chi connectivity index (χ1n) is 9.35. The minimum Gasteiger partial charge on any atom is -0.489 e. The summed E-state index contributed by atoms with van der Waals surface area (Å²) in [6.07, 6.45) is -0.525. The Labute approximate surface area is 161 Å². The molecule has 0 spiro atoms. The van der Waals surface area contributed by atoms with Gasteiger partial charge in [-0.15, -0.1) is 0 Å². The van der Waals surface area contributed by atoms with E-state index >= 15 is 0 Å². The molecule has 0 aromatic heterocycles. The van der Waals surface area contributed by atoms with Crippen molar-refractivity contribution in [1.29, 1.82) is 0 Å². The molecular formula is C24H27NO2. The second-order valence-corrected chi connectivity index (χ2v) is 6.94. The largest absolute Gasteiger partial charge is 0.489 e. The van der Waals surface area contributed by atoms with Crippen molar-refractivity contribution in [3.8, 4) is 5.75 Å². The topological polar surface area (TPSA) is 41.5 Å². The molecule has 140 valence electrons. The van der Waals surface area contributed by atoms with Crippen LogP contribution in [0.3, 0.4) is 0 Å². The lowest BCUT2D eigenvalue weighted by atomic mass is 10.0. The Morgan fingerprint density at radius 3 is 2.15 bits per heavy atom. The first-order chi connectivity index (χ1) is 13.1. The zero-order valence-corrected chi connectivity index (χ0v) is 15.9. The van der Waals surface area contributed by atoms with Gasteiger partial charge < -0.3 is 15.2 Å². The minimum absolute atomic E-state index is 0.0372. The van der Waals surface area contributed by atoms with E-state index in [1.165, 1.54) is 5.56 Å². The minimum atomic E-state index is -0.525. The van der Waals surface area contributed by atoms with Gasteiger partial charge in [0.05, 0.1) is 6.10 Å². The average Bonchev–Trinajstić information content (AvgIpc) is 2.72. The summed E-state index contributed by atoms with van der Waals surface area (Å²) < 4.78 is 5.85. The number of nitrogens with one attached hydrogen (secondary N) is 1. The van der Waals surface area contributed by atoms with Gasteiger partial charge in [0.25, 0.3) is 0 Å². The lowest BCUT2D eigenvalue weighted by Gasteiger charge is -2.20. The fourth-order valence-electron chi connectivity index (χ4n) is 2.88. The number of aliphatic hydroxyl groups is 1. The third-order valence-corrected chi connectivity index (χ3v) is 4.69. The van der Waals surface area contributed by atoms with Crippen molar-refractivity contribution in [2.75, 3.05) is 0 Å². The van der Waals surface area contributed by atoms with Crippen LogP contribution in [0.15, 0.2) is 78.9 Å². The molecule has 0 aliphatic heterocycles. The molecule has 0 radical (unpaired) electrons. The molecule has 0 aliphatic rings. The van der Waals surface area contributed by atoms with Gasteiger partial charge in [-0.3, -0.25) is 0 Å². The van der Waals surface area contributed by atoms with Gasteiger partial charge in [-0.1, -0.05) is 72.3 Å². The average molecular weight is 361 g/mol. The van der Waals surface area contributed by atoms with Crippen LogP contribution in [-0.2, 0) is 13.2 Å². The van der Waals surface area contributed by atoms with Crippen LogP contribution in [0.5, 0.6) is 5.75 Å². The Balaban J connectivity index is 1.48. The monoisotopic (exact) mass is 361 g/mol. The van der Waals surface area contributed by atoms with E-state index in [-0.39, 0.29) is 6.04 Å². The molecule has 0 saturated carbocycles. The molecule has 0 fully saturated rings. The third kappa shape index (κ3) is 5.68. The molecule has 3 nitrogen and oxygen atoms in total. The van der Waals surface area contributed by atoms with Crippen molar-refractivity contribution in [2.45, 2.75) is 39.1 Å². The highest BCUT2D eigenvalue weighted by Crippen LogP contribution is 2.18.